The molecule has 0 spiro atoms. The third kappa shape index (κ3) is 2.48. The number of oxazole rings is 1. The summed E-state index contributed by atoms with van der Waals surface area (Å²) in [6.07, 6.45) is 6.68. The van der Waals surface area contributed by atoms with Gasteiger partial charge in [-0.3, -0.25) is 0 Å². The van der Waals surface area contributed by atoms with E-state index in [-0.39, 0.29) is 0 Å². The highest BCUT2D eigenvalue weighted by Crippen LogP contribution is 2.30. The Hall–Kier alpha value is -2.27. The van der Waals surface area contributed by atoms with Crippen molar-refractivity contribution in [1.29, 1.82) is 0 Å². The summed E-state index contributed by atoms with van der Waals surface area (Å²) in [5, 5.41) is 3.43. The van der Waals surface area contributed by atoms with Crippen LogP contribution in [0.2, 0.25) is 0 Å². The molecule has 0 unspecified atom stereocenters. The van der Waals surface area contributed by atoms with E-state index >= 15 is 0 Å². The van der Waals surface area contributed by atoms with Gasteiger partial charge >= 0.3 is 0 Å². The SMILES string of the molecule is C1=COCC(c2nc3cccc(N4CCCNCC4)c3o2)=C1. The molecule has 1 aromatic carbocycles. The lowest BCUT2D eigenvalue weighted by Gasteiger charge is -2.21. The van der Waals surface area contributed by atoms with Gasteiger partial charge in [-0.25, -0.2) is 4.98 Å². The van der Waals surface area contributed by atoms with Crippen molar-refractivity contribution in [2.75, 3.05) is 37.7 Å². The van der Waals surface area contributed by atoms with Crippen molar-refractivity contribution in [2.24, 2.45) is 0 Å². The monoisotopic (exact) mass is 297 g/mol. The van der Waals surface area contributed by atoms with Crippen molar-refractivity contribution in [3.8, 4) is 0 Å². The minimum Gasteiger partial charge on any atom is -0.496 e. The normalized spacial score (nSPS) is 18.9. The molecular formula is C17H19N3O2. The molecule has 1 fully saturated rings. The second kappa shape index (κ2) is 5.85. The Morgan fingerprint density at radius 1 is 1.18 bits per heavy atom. The van der Waals surface area contributed by atoms with Gasteiger partial charge in [-0.15, -0.1) is 0 Å². The first-order valence-electron chi connectivity index (χ1n) is 7.75. The van der Waals surface area contributed by atoms with Crippen LogP contribution in [-0.2, 0) is 4.74 Å². The van der Waals surface area contributed by atoms with Crippen molar-refractivity contribution in [3.05, 3.63) is 42.5 Å². The van der Waals surface area contributed by atoms with Gasteiger partial charge in [-0.1, -0.05) is 6.07 Å². The average molecular weight is 297 g/mol. The minimum atomic E-state index is 0.506. The summed E-state index contributed by atoms with van der Waals surface area (Å²) in [6, 6.07) is 6.17. The number of nitrogens with one attached hydrogen (secondary N) is 1. The van der Waals surface area contributed by atoms with Crippen LogP contribution in [0.25, 0.3) is 16.7 Å². The summed E-state index contributed by atoms with van der Waals surface area (Å²) in [5.41, 5.74) is 3.88. The second-order valence-corrected chi connectivity index (χ2v) is 5.57. The molecule has 4 rings (SSSR count). The lowest BCUT2D eigenvalue weighted by molar-refractivity contribution is 0.290. The molecule has 1 aromatic heterocycles. The zero-order valence-corrected chi connectivity index (χ0v) is 12.4. The molecule has 22 heavy (non-hydrogen) atoms. The second-order valence-electron chi connectivity index (χ2n) is 5.57. The van der Waals surface area contributed by atoms with Crippen LogP contribution >= 0.6 is 0 Å². The highest BCUT2D eigenvalue weighted by molar-refractivity contribution is 5.88. The lowest BCUT2D eigenvalue weighted by Crippen LogP contribution is -2.27. The molecule has 1 N–H and O–H groups in total. The summed E-state index contributed by atoms with van der Waals surface area (Å²) in [4.78, 5) is 7.00. The first-order chi connectivity index (χ1) is 10.9. The number of hydrogen-bond acceptors (Lipinski definition) is 5. The van der Waals surface area contributed by atoms with E-state index in [4.69, 9.17) is 9.15 Å². The van der Waals surface area contributed by atoms with Crippen molar-refractivity contribution in [3.63, 3.8) is 0 Å². The van der Waals surface area contributed by atoms with E-state index in [0.29, 0.717) is 12.5 Å². The first-order valence-corrected chi connectivity index (χ1v) is 7.75. The van der Waals surface area contributed by atoms with Crippen LogP contribution in [0.3, 0.4) is 0 Å². The van der Waals surface area contributed by atoms with E-state index in [0.717, 1.165) is 55.0 Å². The molecule has 2 aliphatic heterocycles. The van der Waals surface area contributed by atoms with Gasteiger partial charge in [0.25, 0.3) is 0 Å². The van der Waals surface area contributed by atoms with Gasteiger partial charge < -0.3 is 19.4 Å². The Bertz CT molecular complexity index is 725. The Morgan fingerprint density at radius 2 is 2.18 bits per heavy atom. The van der Waals surface area contributed by atoms with E-state index in [1.54, 1.807) is 6.26 Å². The molecule has 5 heteroatoms. The molecule has 1 saturated heterocycles. The minimum absolute atomic E-state index is 0.506. The topological polar surface area (TPSA) is 50.5 Å². The summed E-state index contributed by atoms with van der Waals surface area (Å²) >= 11 is 0. The number of benzene rings is 1. The Balaban J connectivity index is 1.74. The Morgan fingerprint density at radius 3 is 3.09 bits per heavy atom. The van der Waals surface area contributed by atoms with Gasteiger partial charge in [-0.2, -0.15) is 0 Å². The maximum atomic E-state index is 6.08. The number of rotatable bonds is 2. The van der Waals surface area contributed by atoms with Gasteiger partial charge in [0.05, 0.1) is 17.5 Å². The Kier molecular flexibility index (Phi) is 3.56. The number of ether oxygens (including phenoxy) is 1. The number of anilines is 1. The summed E-state index contributed by atoms with van der Waals surface area (Å²) in [6.45, 7) is 4.61. The molecule has 2 aromatic rings. The van der Waals surface area contributed by atoms with Gasteiger partial charge in [0.1, 0.15) is 12.1 Å². The molecule has 0 radical (unpaired) electrons. The summed E-state index contributed by atoms with van der Waals surface area (Å²) in [5.74, 6) is 0.653. The number of fused-ring (bicyclic) bond motifs is 1. The molecule has 0 aliphatic carbocycles. The van der Waals surface area contributed by atoms with Crippen LogP contribution in [0.5, 0.6) is 0 Å². The predicted octanol–water partition coefficient (Wildman–Crippen LogP) is 2.55. The number of hydrogen-bond donors (Lipinski definition) is 1. The highest BCUT2D eigenvalue weighted by Gasteiger charge is 2.18. The number of nitrogens with zero attached hydrogens (tertiary/aromatic N) is 2. The van der Waals surface area contributed by atoms with Gasteiger partial charge in [0.2, 0.25) is 5.89 Å². The standard InChI is InChI=1S/C17H19N3O2/c1-5-14-16(15(6-1)20-9-3-7-18-8-10-20)22-17(19-14)13-4-2-11-21-12-13/h1-2,4-6,11,18H,3,7-10,12H2. The van der Waals surface area contributed by atoms with E-state index in [2.05, 4.69) is 21.3 Å². The Labute approximate surface area is 129 Å². The largest absolute Gasteiger partial charge is 0.496 e. The van der Waals surface area contributed by atoms with E-state index in [1.165, 1.54) is 0 Å². The van der Waals surface area contributed by atoms with Crippen molar-refractivity contribution in [2.45, 2.75) is 6.42 Å². The molecule has 3 heterocycles. The maximum absolute atomic E-state index is 6.08. The van der Waals surface area contributed by atoms with E-state index in [1.807, 2.05) is 24.3 Å². The molecule has 5 nitrogen and oxygen atoms in total. The fourth-order valence-electron chi connectivity index (χ4n) is 2.94. The third-order valence-corrected chi connectivity index (χ3v) is 4.06. The number of aromatic nitrogens is 1. The van der Waals surface area contributed by atoms with Crippen LogP contribution in [0.15, 0.2) is 41.0 Å². The number of para-hydroxylation sites is 1. The quantitative estimate of drug-likeness (QED) is 0.923. The van der Waals surface area contributed by atoms with Gasteiger partial charge in [-0.05, 0) is 37.3 Å². The fraction of sp³-hybridized carbons (Fsp3) is 0.353. The molecule has 0 amide bonds. The van der Waals surface area contributed by atoms with Gasteiger partial charge in [0.15, 0.2) is 5.58 Å². The van der Waals surface area contributed by atoms with Crippen LogP contribution in [0.4, 0.5) is 5.69 Å². The van der Waals surface area contributed by atoms with E-state index in [9.17, 15) is 0 Å². The maximum Gasteiger partial charge on any atom is 0.226 e. The fourth-order valence-corrected chi connectivity index (χ4v) is 2.94. The van der Waals surface area contributed by atoms with Crippen molar-refractivity contribution in [1.82, 2.24) is 10.3 Å². The zero-order chi connectivity index (χ0) is 14.8. The molecule has 114 valence electrons. The van der Waals surface area contributed by atoms with Crippen LogP contribution in [0, 0.1) is 0 Å². The molecule has 0 atom stereocenters. The van der Waals surface area contributed by atoms with Crippen LogP contribution < -0.4 is 10.2 Å². The van der Waals surface area contributed by atoms with Crippen LogP contribution in [0.1, 0.15) is 12.3 Å². The summed E-state index contributed by atoms with van der Waals surface area (Å²) in [7, 11) is 0. The number of allylic oxidation sites excluding steroid dienone is 2. The highest BCUT2D eigenvalue weighted by atomic mass is 16.5. The average Bonchev–Trinajstić information content (AvgIpc) is 2.83. The zero-order valence-electron chi connectivity index (χ0n) is 12.4. The first kappa shape index (κ1) is 13.4. The van der Waals surface area contributed by atoms with Crippen LogP contribution in [-0.4, -0.2) is 37.8 Å². The van der Waals surface area contributed by atoms with E-state index < -0.39 is 0 Å². The van der Waals surface area contributed by atoms with Crippen molar-refractivity contribution >= 4 is 22.4 Å². The molecule has 0 saturated carbocycles. The molecular weight excluding hydrogens is 278 g/mol. The molecule has 2 aliphatic rings. The molecule has 0 bridgehead atoms. The third-order valence-electron chi connectivity index (χ3n) is 4.06. The summed E-state index contributed by atoms with van der Waals surface area (Å²) < 4.78 is 11.4. The van der Waals surface area contributed by atoms with Crippen molar-refractivity contribution < 1.29 is 9.15 Å². The predicted molar refractivity (Wildman–Crippen MR) is 86.8 cm³/mol. The van der Waals surface area contributed by atoms with Gasteiger partial charge in [0, 0.05) is 19.6 Å². The lowest BCUT2D eigenvalue weighted by atomic mass is 10.2. The smallest absolute Gasteiger partial charge is 0.226 e.